The van der Waals surface area contributed by atoms with Crippen molar-refractivity contribution >= 4 is 5.78 Å². The van der Waals surface area contributed by atoms with E-state index in [2.05, 4.69) is 34.7 Å². The quantitative estimate of drug-likeness (QED) is 0.625. The number of nitrogens with zero attached hydrogens (tertiary/aromatic N) is 4. The van der Waals surface area contributed by atoms with E-state index in [1.165, 1.54) is 5.69 Å². The first kappa shape index (κ1) is 18.3. The number of fused-ring (bicyclic) bond motifs is 2. The number of nitriles is 1. The standard InChI is InChI=1S/C26H22N4O/c1-24-14-18(15-27)22(31)25(2)16-26(24,25)11-8-20-21(24)29-23(17-9-12-28-13-10-17)30(20)19-6-4-3-5-7-19/h3-7,9-10,12-14H,8,11,16H2,1-2H3/t24-,25?,26+/m1/s1. The Labute approximate surface area is 181 Å². The zero-order valence-corrected chi connectivity index (χ0v) is 17.6. The Hall–Kier alpha value is -3.52. The van der Waals surface area contributed by atoms with Crippen molar-refractivity contribution in [2.75, 3.05) is 0 Å². The van der Waals surface area contributed by atoms with E-state index in [0.717, 1.165) is 42.0 Å². The zero-order chi connectivity index (χ0) is 21.4. The van der Waals surface area contributed by atoms with Gasteiger partial charge in [-0.05, 0) is 55.9 Å². The van der Waals surface area contributed by atoms with Crippen LogP contribution in [0.3, 0.4) is 0 Å². The normalized spacial score (nSPS) is 30.5. The molecule has 0 amide bonds. The van der Waals surface area contributed by atoms with Crippen LogP contribution in [0.25, 0.3) is 17.1 Å². The van der Waals surface area contributed by atoms with Crippen molar-refractivity contribution in [1.29, 1.82) is 5.26 Å². The molecule has 3 aromatic rings. The van der Waals surface area contributed by atoms with Crippen molar-refractivity contribution < 1.29 is 4.79 Å². The second-order valence-corrected chi connectivity index (χ2v) is 9.43. The lowest BCUT2D eigenvalue weighted by atomic mass is 9.58. The molecule has 3 aliphatic rings. The van der Waals surface area contributed by atoms with Crippen LogP contribution in [0.5, 0.6) is 0 Å². The number of rotatable bonds is 2. The van der Waals surface area contributed by atoms with Gasteiger partial charge in [-0.25, -0.2) is 4.98 Å². The number of benzene rings is 1. The van der Waals surface area contributed by atoms with Crippen molar-refractivity contribution in [2.24, 2.45) is 10.8 Å². The highest BCUT2D eigenvalue weighted by atomic mass is 16.1. The van der Waals surface area contributed by atoms with E-state index in [1.54, 1.807) is 12.4 Å². The highest BCUT2D eigenvalue weighted by Gasteiger charge is 2.78. The fourth-order valence-electron chi connectivity index (χ4n) is 6.39. The number of imidazole rings is 1. The zero-order valence-electron chi connectivity index (χ0n) is 17.6. The number of hydrogen-bond donors (Lipinski definition) is 0. The van der Waals surface area contributed by atoms with E-state index in [9.17, 15) is 10.1 Å². The average molecular weight is 406 g/mol. The van der Waals surface area contributed by atoms with Gasteiger partial charge in [0.2, 0.25) is 0 Å². The molecular weight excluding hydrogens is 384 g/mol. The maximum absolute atomic E-state index is 13.0. The van der Waals surface area contributed by atoms with Crippen LogP contribution in [0.2, 0.25) is 0 Å². The summed E-state index contributed by atoms with van der Waals surface area (Å²) < 4.78 is 2.25. The van der Waals surface area contributed by atoms with Gasteiger partial charge in [0.25, 0.3) is 0 Å². The summed E-state index contributed by atoms with van der Waals surface area (Å²) in [6.07, 6.45) is 8.08. The number of carbonyl (C=O) groups excluding carboxylic acids is 1. The number of Topliss-reactive ketones (excluding diaryl/α,β-unsaturated/α-hetero) is 1. The Kier molecular flexibility index (Phi) is 3.41. The number of pyridine rings is 1. The number of ketones is 1. The number of allylic oxidation sites excluding steroid dienone is 2. The van der Waals surface area contributed by atoms with Gasteiger partial charge in [0, 0.05) is 40.2 Å². The molecule has 0 bridgehead atoms. The molecule has 0 radical (unpaired) electrons. The SMILES string of the molecule is CC12C[C@]13CCc1c(nc(-c4ccncc4)n1-c1ccccc1)[C@@]3(C)C=C(C#N)C2=O. The van der Waals surface area contributed by atoms with E-state index in [1.807, 2.05) is 43.3 Å². The summed E-state index contributed by atoms with van der Waals surface area (Å²) in [6, 6.07) is 16.4. The molecule has 3 atom stereocenters. The monoisotopic (exact) mass is 406 g/mol. The van der Waals surface area contributed by atoms with Gasteiger partial charge in [-0.15, -0.1) is 0 Å². The molecule has 2 aromatic heterocycles. The van der Waals surface area contributed by atoms with E-state index < -0.39 is 10.8 Å². The van der Waals surface area contributed by atoms with Gasteiger partial charge < -0.3 is 0 Å². The van der Waals surface area contributed by atoms with Crippen molar-refractivity contribution in [3.63, 3.8) is 0 Å². The highest BCUT2D eigenvalue weighted by molar-refractivity contribution is 6.07. The molecule has 3 aliphatic carbocycles. The van der Waals surface area contributed by atoms with E-state index in [-0.39, 0.29) is 16.8 Å². The molecule has 0 saturated heterocycles. The van der Waals surface area contributed by atoms with Crippen molar-refractivity contribution in [1.82, 2.24) is 14.5 Å². The van der Waals surface area contributed by atoms with Gasteiger partial charge in [-0.3, -0.25) is 14.3 Å². The highest BCUT2D eigenvalue weighted by Crippen LogP contribution is 2.78. The third-order valence-electron chi connectivity index (χ3n) is 8.09. The van der Waals surface area contributed by atoms with Crippen LogP contribution in [0, 0.1) is 22.2 Å². The summed E-state index contributed by atoms with van der Waals surface area (Å²) in [5.74, 6) is 0.885. The second-order valence-electron chi connectivity index (χ2n) is 9.43. The number of para-hydroxylation sites is 1. The lowest BCUT2D eigenvalue weighted by Crippen LogP contribution is -2.46. The molecule has 31 heavy (non-hydrogen) atoms. The molecule has 1 aromatic carbocycles. The fraction of sp³-hybridized carbons (Fsp3) is 0.308. The first-order valence-electron chi connectivity index (χ1n) is 10.7. The molecule has 152 valence electrons. The van der Waals surface area contributed by atoms with E-state index >= 15 is 0 Å². The Morgan fingerprint density at radius 2 is 1.84 bits per heavy atom. The van der Waals surface area contributed by atoms with Crippen LogP contribution in [0.1, 0.15) is 38.1 Å². The van der Waals surface area contributed by atoms with Crippen molar-refractivity contribution in [2.45, 2.75) is 38.5 Å². The third kappa shape index (κ3) is 2.07. The molecular formula is C26H22N4O. The Balaban J connectivity index is 1.66. The van der Waals surface area contributed by atoms with Gasteiger partial charge in [-0.1, -0.05) is 31.2 Å². The van der Waals surface area contributed by atoms with Crippen LogP contribution in [-0.2, 0) is 16.6 Å². The lowest BCUT2D eigenvalue weighted by Gasteiger charge is -2.44. The molecule has 1 unspecified atom stereocenters. The molecule has 2 heterocycles. The summed E-state index contributed by atoms with van der Waals surface area (Å²) in [6.45, 7) is 4.22. The molecule has 1 saturated carbocycles. The van der Waals surface area contributed by atoms with Crippen LogP contribution in [0.15, 0.2) is 66.5 Å². The van der Waals surface area contributed by atoms with Crippen molar-refractivity contribution in [3.8, 4) is 23.1 Å². The van der Waals surface area contributed by atoms with Crippen molar-refractivity contribution in [3.05, 3.63) is 77.9 Å². The molecule has 0 N–H and O–H groups in total. The second kappa shape index (κ2) is 5.79. The van der Waals surface area contributed by atoms with Crippen LogP contribution in [0.4, 0.5) is 0 Å². The van der Waals surface area contributed by atoms with E-state index in [4.69, 9.17) is 4.98 Å². The Bertz CT molecular complexity index is 1320. The predicted octanol–water partition coefficient (Wildman–Crippen LogP) is 4.57. The van der Waals surface area contributed by atoms with Gasteiger partial charge in [0.05, 0.1) is 11.3 Å². The maximum atomic E-state index is 13.0. The predicted molar refractivity (Wildman–Crippen MR) is 116 cm³/mol. The van der Waals surface area contributed by atoms with Crippen LogP contribution < -0.4 is 0 Å². The molecule has 5 nitrogen and oxygen atoms in total. The van der Waals surface area contributed by atoms with E-state index in [0.29, 0.717) is 0 Å². The Morgan fingerprint density at radius 3 is 2.55 bits per heavy atom. The van der Waals surface area contributed by atoms with Gasteiger partial charge in [-0.2, -0.15) is 5.26 Å². The molecule has 1 fully saturated rings. The first-order valence-corrected chi connectivity index (χ1v) is 10.7. The summed E-state index contributed by atoms with van der Waals surface area (Å²) in [5.41, 5.74) is 3.45. The minimum absolute atomic E-state index is 0.00720. The molecule has 0 aliphatic heterocycles. The first-order chi connectivity index (χ1) is 15.0. The Morgan fingerprint density at radius 1 is 1.10 bits per heavy atom. The maximum Gasteiger partial charge on any atom is 0.179 e. The lowest BCUT2D eigenvalue weighted by molar-refractivity contribution is -0.122. The summed E-state index contributed by atoms with van der Waals surface area (Å²) in [5, 5.41) is 9.71. The molecule has 1 spiro atoms. The minimum atomic E-state index is -0.466. The average Bonchev–Trinajstić information content (AvgIpc) is 3.25. The topological polar surface area (TPSA) is 71.6 Å². The van der Waals surface area contributed by atoms with Crippen LogP contribution in [-0.4, -0.2) is 20.3 Å². The number of carbonyl (C=O) groups is 1. The number of aromatic nitrogens is 3. The molecule has 6 rings (SSSR count). The smallest absolute Gasteiger partial charge is 0.179 e. The fourth-order valence-corrected chi connectivity index (χ4v) is 6.39. The van der Waals surface area contributed by atoms with Gasteiger partial charge in [0.15, 0.2) is 5.78 Å². The van der Waals surface area contributed by atoms with Crippen LogP contribution >= 0.6 is 0 Å². The van der Waals surface area contributed by atoms with Gasteiger partial charge >= 0.3 is 0 Å². The molecule has 5 heteroatoms. The summed E-state index contributed by atoms with van der Waals surface area (Å²) >= 11 is 0. The number of hydrogen-bond acceptors (Lipinski definition) is 4. The summed E-state index contributed by atoms with van der Waals surface area (Å²) in [7, 11) is 0. The van der Waals surface area contributed by atoms with Gasteiger partial charge in [0.1, 0.15) is 11.9 Å². The summed E-state index contributed by atoms with van der Waals surface area (Å²) in [4.78, 5) is 22.4. The third-order valence-corrected chi connectivity index (χ3v) is 8.09. The minimum Gasteiger partial charge on any atom is -0.296 e. The largest absolute Gasteiger partial charge is 0.296 e.